The number of nitrogens with one attached hydrogen (secondary N) is 1. The Bertz CT molecular complexity index is 479. The van der Waals surface area contributed by atoms with Gasteiger partial charge in [-0.1, -0.05) is 11.6 Å². The first-order valence-corrected chi connectivity index (χ1v) is 6.18. The zero-order valence-corrected chi connectivity index (χ0v) is 11.6. The van der Waals surface area contributed by atoms with Crippen molar-refractivity contribution >= 4 is 23.2 Å². The Morgan fingerprint density at radius 2 is 2.16 bits per heavy atom. The summed E-state index contributed by atoms with van der Waals surface area (Å²) in [6.45, 7) is 1.37. The molecule has 0 spiro atoms. The number of amides is 1. The second-order valence-corrected chi connectivity index (χ2v) is 4.58. The maximum atomic E-state index is 12.1. The van der Waals surface area contributed by atoms with Crippen LogP contribution in [0, 0.1) is 10.1 Å². The molecule has 1 N–H and O–H groups in total. The van der Waals surface area contributed by atoms with Gasteiger partial charge in [0.1, 0.15) is 0 Å². The van der Waals surface area contributed by atoms with Crippen molar-refractivity contribution in [2.24, 2.45) is 0 Å². The van der Waals surface area contributed by atoms with Crippen LogP contribution >= 0.6 is 11.6 Å². The van der Waals surface area contributed by atoms with E-state index >= 15 is 0 Å². The minimum atomic E-state index is -0.566. The highest BCUT2D eigenvalue weighted by atomic mass is 35.5. The minimum absolute atomic E-state index is 0.181. The molecule has 19 heavy (non-hydrogen) atoms. The summed E-state index contributed by atoms with van der Waals surface area (Å²) in [6.07, 6.45) is 0.807. The Balaban J connectivity index is 2.84. The van der Waals surface area contributed by atoms with Gasteiger partial charge in [0.2, 0.25) is 0 Å². The van der Waals surface area contributed by atoms with Gasteiger partial charge in [0.15, 0.2) is 0 Å². The molecule has 0 heterocycles. The number of rotatable bonds is 6. The third-order valence-corrected chi connectivity index (χ3v) is 2.83. The van der Waals surface area contributed by atoms with Gasteiger partial charge in [-0.05, 0) is 26.1 Å². The van der Waals surface area contributed by atoms with Crippen LogP contribution in [0.15, 0.2) is 18.2 Å². The van der Waals surface area contributed by atoms with E-state index in [1.165, 1.54) is 23.1 Å². The number of carbonyl (C=O) groups is 1. The van der Waals surface area contributed by atoms with Gasteiger partial charge < -0.3 is 10.2 Å². The lowest BCUT2D eigenvalue weighted by Gasteiger charge is -2.17. The first-order chi connectivity index (χ1) is 8.95. The lowest BCUT2D eigenvalue weighted by molar-refractivity contribution is -0.384. The molecule has 1 aromatic rings. The standard InChI is InChI=1S/C12H16ClN3O3/c1-14-4-3-5-15(2)12(17)9-6-10(13)8-11(7-9)16(18)19/h6-8,14H,3-5H2,1-2H3. The van der Waals surface area contributed by atoms with E-state index in [2.05, 4.69) is 5.32 Å². The highest BCUT2D eigenvalue weighted by molar-refractivity contribution is 6.31. The van der Waals surface area contributed by atoms with Crippen molar-refractivity contribution in [1.82, 2.24) is 10.2 Å². The minimum Gasteiger partial charge on any atom is -0.342 e. The molecule has 0 atom stereocenters. The van der Waals surface area contributed by atoms with Gasteiger partial charge in [-0.15, -0.1) is 0 Å². The van der Waals surface area contributed by atoms with Gasteiger partial charge >= 0.3 is 0 Å². The third kappa shape index (κ3) is 4.50. The Kier molecular flexibility index (Phi) is 5.72. The Morgan fingerprint density at radius 1 is 1.47 bits per heavy atom. The molecule has 1 amide bonds. The topological polar surface area (TPSA) is 75.5 Å². The molecule has 0 bridgehead atoms. The van der Waals surface area contributed by atoms with Crippen LogP contribution in [-0.4, -0.2) is 42.9 Å². The number of hydrogen-bond donors (Lipinski definition) is 1. The fourth-order valence-corrected chi connectivity index (χ4v) is 1.85. The van der Waals surface area contributed by atoms with E-state index in [1.807, 2.05) is 7.05 Å². The summed E-state index contributed by atoms with van der Waals surface area (Å²) in [6, 6.07) is 3.90. The molecule has 0 saturated heterocycles. The van der Waals surface area contributed by atoms with Gasteiger partial charge in [0.05, 0.1) is 4.92 Å². The highest BCUT2D eigenvalue weighted by Crippen LogP contribution is 2.21. The van der Waals surface area contributed by atoms with E-state index in [9.17, 15) is 14.9 Å². The number of hydrogen-bond acceptors (Lipinski definition) is 4. The summed E-state index contributed by atoms with van der Waals surface area (Å²) < 4.78 is 0. The van der Waals surface area contributed by atoms with Crippen LogP contribution < -0.4 is 5.32 Å². The van der Waals surface area contributed by atoms with E-state index < -0.39 is 4.92 Å². The first-order valence-electron chi connectivity index (χ1n) is 5.80. The Hall–Kier alpha value is -1.66. The predicted molar refractivity (Wildman–Crippen MR) is 73.6 cm³/mol. The van der Waals surface area contributed by atoms with E-state index in [1.54, 1.807) is 7.05 Å². The fourth-order valence-electron chi connectivity index (χ4n) is 1.62. The Labute approximate surface area is 116 Å². The van der Waals surface area contributed by atoms with Crippen LogP contribution in [0.4, 0.5) is 5.69 Å². The fraction of sp³-hybridized carbons (Fsp3) is 0.417. The van der Waals surface area contributed by atoms with Crippen molar-refractivity contribution in [3.05, 3.63) is 38.9 Å². The number of non-ortho nitro benzene ring substituents is 1. The number of carbonyl (C=O) groups excluding carboxylic acids is 1. The van der Waals surface area contributed by atoms with Crippen LogP contribution in [0.1, 0.15) is 16.8 Å². The van der Waals surface area contributed by atoms with Gasteiger partial charge in [-0.2, -0.15) is 0 Å². The van der Waals surface area contributed by atoms with Gasteiger partial charge in [-0.25, -0.2) is 0 Å². The number of halogens is 1. The van der Waals surface area contributed by atoms with Crippen LogP contribution in [0.3, 0.4) is 0 Å². The summed E-state index contributed by atoms with van der Waals surface area (Å²) in [5, 5.41) is 13.9. The molecule has 0 aliphatic carbocycles. The van der Waals surface area contributed by atoms with Crippen LogP contribution in [0.2, 0.25) is 5.02 Å². The Morgan fingerprint density at radius 3 is 2.74 bits per heavy atom. The zero-order chi connectivity index (χ0) is 14.4. The van der Waals surface area contributed by atoms with Crippen molar-refractivity contribution in [3.63, 3.8) is 0 Å². The second kappa shape index (κ2) is 7.06. The maximum Gasteiger partial charge on any atom is 0.271 e. The molecule has 0 aromatic heterocycles. The molecular formula is C12H16ClN3O3. The van der Waals surface area contributed by atoms with E-state index in [-0.39, 0.29) is 22.2 Å². The molecule has 104 valence electrons. The van der Waals surface area contributed by atoms with E-state index in [0.717, 1.165) is 13.0 Å². The third-order valence-electron chi connectivity index (χ3n) is 2.61. The summed E-state index contributed by atoms with van der Waals surface area (Å²) in [5.41, 5.74) is 0.0469. The van der Waals surface area contributed by atoms with Gasteiger partial charge in [0.25, 0.3) is 11.6 Å². The smallest absolute Gasteiger partial charge is 0.271 e. The van der Waals surface area contributed by atoms with Crippen LogP contribution in [0.5, 0.6) is 0 Å². The van der Waals surface area contributed by atoms with Crippen LogP contribution in [0.25, 0.3) is 0 Å². The zero-order valence-electron chi connectivity index (χ0n) is 10.9. The SMILES string of the molecule is CNCCCN(C)C(=O)c1cc(Cl)cc([N+](=O)[O-])c1. The molecule has 0 aliphatic rings. The highest BCUT2D eigenvalue weighted by Gasteiger charge is 2.16. The second-order valence-electron chi connectivity index (χ2n) is 4.14. The van der Waals surface area contributed by atoms with E-state index in [0.29, 0.717) is 6.54 Å². The molecule has 1 rings (SSSR count). The summed E-state index contributed by atoms with van der Waals surface area (Å²) in [5.74, 6) is -0.276. The van der Waals surface area contributed by atoms with Crippen molar-refractivity contribution in [1.29, 1.82) is 0 Å². The quantitative estimate of drug-likeness (QED) is 0.492. The van der Waals surface area contributed by atoms with Gasteiger partial charge in [-0.3, -0.25) is 14.9 Å². The average molecular weight is 286 g/mol. The molecule has 1 aromatic carbocycles. The first kappa shape index (κ1) is 15.4. The monoisotopic (exact) mass is 285 g/mol. The summed E-state index contributed by atoms with van der Waals surface area (Å²) in [7, 11) is 3.49. The van der Waals surface area contributed by atoms with Crippen molar-refractivity contribution in [3.8, 4) is 0 Å². The largest absolute Gasteiger partial charge is 0.342 e. The lowest BCUT2D eigenvalue weighted by Crippen LogP contribution is -2.29. The molecule has 7 heteroatoms. The number of nitro groups is 1. The van der Waals surface area contributed by atoms with Crippen molar-refractivity contribution in [2.45, 2.75) is 6.42 Å². The molecular weight excluding hydrogens is 270 g/mol. The summed E-state index contributed by atoms with van der Waals surface area (Å²) in [4.78, 5) is 23.8. The molecule has 6 nitrogen and oxygen atoms in total. The van der Waals surface area contributed by atoms with E-state index in [4.69, 9.17) is 11.6 Å². The molecule has 0 aliphatic heterocycles. The number of nitrogens with zero attached hydrogens (tertiary/aromatic N) is 2. The van der Waals surface area contributed by atoms with Crippen molar-refractivity contribution in [2.75, 3.05) is 27.2 Å². The summed E-state index contributed by atoms with van der Waals surface area (Å²) >= 11 is 5.78. The normalized spacial score (nSPS) is 10.3. The molecule has 0 radical (unpaired) electrons. The molecule has 0 unspecified atom stereocenters. The predicted octanol–water partition coefficient (Wildman–Crippen LogP) is 1.93. The van der Waals surface area contributed by atoms with Crippen molar-refractivity contribution < 1.29 is 9.72 Å². The van der Waals surface area contributed by atoms with Crippen LogP contribution in [-0.2, 0) is 0 Å². The molecule has 0 saturated carbocycles. The van der Waals surface area contributed by atoms with Gasteiger partial charge in [0, 0.05) is 36.3 Å². The lowest BCUT2D eigenvalue weighted by atomic mass is 10.1. The average Bonchev–Trinajstić information content (AvgIpc) is 2.37. The number of nitro benzene ring substituents is 1. The number of benzene rings is 1. The molecule has 0 fully saturated rings. The maximum absolute atomic E-state index is 12.1.